The van der Waals surface area contributed by atoms with Crippen LogP contribution in [0.2, 0.25) is 0 Å². The zero-order chi connectivity index (χ0) is 12.7. The lowest BCUT2D eigenvalue weighted by molar-refractivity contribution is 0.103. The van der Waals surface area contributed by atoms with Crippen molar-refractivity contribution in [1.82, 2.24) is 0 Å². The van der Waals surface area contributed by atoms with E-state index < -0.39 is 11.8 Å². The van der Waals surface area contributed by atoms with Crippen molar-refractivity contribution in [1.29, 1.82) is 0 Å². The van der Waals surface area contributed by atoms with Crippen LogP contribution in [0.3, 0.4) is 0 Å². The van der Waals surface area contributed by atoms with Gasteiger partial charge in [-0.15, -0.1) is 0 Å². The molecule has 1 heterocycles. The van der Waals surface area contributed by atoms with Gasteiger partial charge in [-0.3, -0.25) is 0 Å². The van der Waals surface area contributed by atoms with Gasteiger partial charge in [0, 0.05) is 11.6 Å². The highest BCUT2D eigenvalue weighted by molar-refractivity contribution is 5.64. The van der Waals surface area contributed by atoms with E-state index in [2.05, 4.69) is 9.15 Å². The van der Waals surface area contributed by atoms with Gasteiger partial charge in [-0.2, -0.15) is 0 Å². The van der Waals surface area contributed by atoms with Gasteiger partial charge in [0.15, 0.2) is 5.75 Å². The topological polar surface area (TPSA) is 65.7 Å². The number of aryl methyl sites for hydroxylation is 1. The Balaban J connectivity index is 2.82. The molecule has 1 aromatic heterocycles. The first kappa shape index (κ1) is 13.3. The minimum Gasteiger partial charge on any atom is -0.434 e. The molecule has 0 atom stereocenters. The lowest BCUT2D eigenvalue weighted by atomic mass is 10.1. The summed E-state index contributed by atoms with van der Waals surface area (Å²) in [4.78, 5) is 22.2. The molecule has 5 heteroatoms. The molecule has 0 N–H and O–H groups in total. The van der Waals surface area contributed by atoms with Crippen LogP contribution in [-0.2, 0) is 11.2 Å². The van der Waals surface area contributed by atoms with Crippen molar-refractivity contribution < 1.29 is 18.7 Å². The first-order chi connectivity index (χ1) is 8.17. The van der Waals surface area contributed by atoms with Crippen molar-refractivity contribution >= 4 is 6.16 Å². The zero-order valence-corrected chi connectivity index (χ0v) is 10.0. The highest BCUT2D eigenvalue weighted by atomic mass is 16.7. The van der Waals surface area contributed by atoms with E-state index in [9.17, 15) is 9.59 Å². The summed E-state index contributed by atoms with van der Waals surface area (Å²) in [5, 5.41) is 0. The van der Waals surface area contributed by atoms with E-state index >= 15 is 0 Å². The zero-order valence-electron chi connectivity index (χ0n) is 10.0. The van der Waals surface area contributed by atoms with Crippen LogP contribution in [0.5, 0.6) is 5.75 Å². The van der Waals surface area contributed by atoms with Gasteiger partial charge in [0.05, 0.1) is 6.61 Å². The molecule has 17 heavy (non-hydrogen) atoms. The van der Waals surface area contributed by atoms with Gasteiger partial charge in [-0.05, 0) is 19.8 Å². The third kappa shape index (κ3) is 4.30. The predicted octanol–water partition coefficient (Wildman–Crippen LogP) is 2.52. The van der Waals surface area contributed by atoms with Crippen molar-refractivity contribution in [3.05, 3.63) is 28.3 Å². The molecule has 1 rings (SSSR count). The first-order valence-electron chi connectivity index (χ1n) is 5.63. The first-order valence-corrected chi connectivity index (χ1v) is 5.63. The predicted molar refractivity (Wildman–Crippen MR) is 61.2 cm³/mol. The molecule has 0 aliphatic carbocycles. The van der Waals surface area contributed by atoms with E-state index in [0.717, 1.165) is 19.1 Å². The average Bonchev–Trinajstić information content (AvgIpc) is 2.30. The van der Waals surface area contributed by atoms with Gasteiger partial charge >= 0.3 is 11.8 Å². The van der Waals surface area contributed by atoms with Crippen LogP contribution in [-0.4, -0.2) is 12.8 Å². The third-order valence-corrected chi connectivity index (χ3v) is 2.15. The maximum absolute atomic E-state index is 11.2. The molecule has 0 saturated heterocycles. The normalized spacial score (nSPS) is 10.0. The summed E-state index contributed by atoms with van der Waals surface area (Å²) < 4.78 is 14.3. The van der Waals surface area contributed by atoms with Crippen LogP contribution in [0.15, 0.2) is 21.5 Å². The summed E-state index contributed by atoms with van der Waals surface area (Å²) in [6.07, 6.45) is 2.90. The number of unbranched alkanes of at least 4 members (excludes halogenated alkanes) is 1. The maximum atomic E-state index is 11.2. The lowest BCUT2D eigenvalue weighted by Crippen LogP contribution is -2.12. The summed E-state index contributed by atoms with van der Waals surface area (Å²) >= 11 is 0. The fraction of sp³-hybridized carbons (Fsp3) is 0.500. The Hall–Kier alpha value is -1.78. The van der Waals surface area contributed by atoms with E-state index in [1.807, 2.05) is 6.92 Å². The van der Waals surface area contributed by atoms with Gasteiger partial charge in [-0.1, -0.05) is 13.3 Å². The van der Waals surface area contributed by atoms with Crippen LogP contribution in [0.1, 0.15) is 32.3 Å². The van der Waals surface area contributed by atoms with Crippen LogP contribution in [0.4, 0.5) is 4.79 Å². The Kier molecular flexibility index (Phi) is 5.26. The minimum absolute atomic E-state index is 0.236. The van der Waals surface area contributed by atoms with E-state index in [1.165, 1.54) is 6.07 Å². The number of hydrogen-bond donors (Lipinski definition) is 0. The third-order valence-electron chi connectivity index (χ3n) is 2.15. The lowest BCUT2D eigenvalue weighted by Gasteiger charge is -2.07. The number of rotatable bonds is 5. The molecular weight excluding hydrogens is 224 g/mol. The van der Waals surface area contributed by atoms with Gasteiger partial charge in [0.25, 0.3) is 0 Å². The van der Waals surface area contributed by atoms with Gasteiger partial charge in [-0.25, -0.2) is 9.59 Å². The molecule has 0 spiro atoms. The molecule has 0 aliphatic heterocycles. The summed E-state index contributed by atoms with van der Waals surface area (Å²) in [7, 11) is 0. The molecule has 0 unspecified atom stereocenters. The number of ether oxygens (including phenoxy) is 2. The second-order valence-corrected chi connectivity index (χ2v) is 3.48. The summed E-state index contributed by atoms with van der Waals surface area (Å²) in [6.45, 7) is 3.96. The van der Waals surface area contributed by atoms with Crippen molar-refractivity contribution in [3.8, 4) is 5.75 Å². The minimum atomic E-state index is -0.793. The van der Waals surface area contributed by atoms with Crippen LogP contribution in [0, 0.1) is 0 Å². The van der Waals surface area contributed by atoms with Gasteiger partial charge in [0.1, 0.15) is 6.26 Å². The highest BCUT2D eigenvalue weighted by Crippen LogP contribution is 2.18. The molecule has 1 aromatic rings. The quantitative estimate of drug-likeness (QED) is 0.740. The molecule has 0 aliphatic rings. The van der Waals surface area contributed by atoms with Crippen LogP contribution in [0.25, 0.3) is 0 Å². The molecule has 94 valence electrons. The summed E-state index contributed by atoms with van der Waals surface area (Å²) in [6, 6.07) is 1.34. The fourth-order valence-corrected chi connectivity index (χ4v) is 1.32. The van der Waals surface area contributed by atoms with Crippen molar-refractivity contribution in [2.45, 2.75) is 33.1 Å². The van der Waals surface area contributed by atoms with Crippen molar-refractivity contribution in [2.75, 3.05) is 6.61 Å². The van der Waals surface area contributed by atoms with Gasteiger partial charge in [0.2, 0.25) is 0 Å². The molecular formula is C12H16O5. The Morgan fingerprint density at radius 3 is 2.82 bits per heavy atom. The Morgan fingerprint density at radius 1 is 1.41 bits per heavy atom. The average molecular weight is 240 g/mol. The number of carbonyl (C=O) groups is 1. The molecule has 5 nitrogen and oxygen atoms in total. The molecule has 0 bridgehead atoms. The van der Waals surface area contributed by atoms with Crippen molar-refractivity contribution in [2.24, 2.45) is 0 Å². The SMILES string of the molecule is CCCCc1cc(=O)occ1OC(=O)OCC. The van der Waals surface area contributed by atoms with E-state index in [1.54, 1.807) is 6.92 Å². The molecule has 0 radical (unpaired) electrons. The molecule has 0 fully saturated rings. The Labute approximate surface area is 99.3 Å². The summed E-state index contributed by atoms with van der Waals surface area (Å²) in [5.41, 5.74) is 0.212. The van der Waals surface area contributed by atoms with Crippen molar-refractivity contribution in [3.63, 3.8) is 0 Å². The fourth-order valence-electron chi connectivity index (χ4n) is 1.32. The standard InChI is InChI=1S/C12H16O5/c1-3-5-6-9-7-11(13)16-8-10(9)17-12(14)15-4-2/h7-8H,3-6H2,1-2H3. The van der Waals surface area contributed by atoms with E-state index in [-0.39, 0.29) is 12.4 Å². The van der Waals surface area contributed by atoms with E-state index in [4.69, 9.17) is 4.74 Å². The largest absolute Gasteiger partial charge is 0.513 e. The maximum Gasteiger partial charge on any atom is 0.513 e. The summed E-state index contributed by atoms with van der Waals surface area (Å²) in [5.74, 6) is 0.247. The number of carbonyl (C=O) groups excluding carboxylic acids is 1. The highest BCUT2D eigenvalue weighted by Gasteiger charge is 2.11. The second-order valence-electron chi connectivity index (χ2n) is 3.48. The smallest absolute Gasteiger partial charge is 0.434 e. The second kappa shape index (κ2) is 6.73. The molecule has 0 amide bonds. The van der Waals surface area contributed by atoms with Gasteiger partial charge < -0.3 is 13.9 Å². The Morgan fingerprint density at radius 2 is 2.18 bits per heavy atom. The Bertz CT molecular complexity index is 421. The van der Waals surface area contributed by atoms with Crippen LogP contribution < -0.4 is 10.4 Å². The van der Waals surface area contributed by atoms with E-state index in [0.29, 0.717) is 12.0 Å². The monoisotopic (exact) mass is 240 g/mol. The number of hydrogen-bond acceptors (Lipinski definition) is 5. The molecule has 0 saturated carbocycles. The molecule has 0 aromatic carbocycles. The van der Waals surface area contributed by atoms with Crippen LogP contribution >= 0.6 is 0 Å².